The SMILES string of the molecule is CCNC(=NCc1cccc(OC)n1)NCC(C(CC)CC)N1CCOCC1. The minimum absolute atomic E-state index is 0.484. The molecule has 1 saturated heterocycles. The third kappa shape index (κ3) is 6.95. The first kappa shape index (κ1) is 22.4. The highest BCUT2D eigenvalue weighted by atomic mass is 16.5. The third-order valence-electron chi connectivity index (χ3n) is 5.32. The number of morpholine rings is 1. The summed E-state index contributed by atoms with van der Waals surface area (Å²) in [5.74, 6) is 2.11. The smallest absolute Gasteiger partial charge is 0.213 e. The molecular formula is C21H37N5O2. The van der Waals surface area contributed by atoms with E-state index in [9.17, 15) is 0 Å². The summed E-state index contributed by atoms with van der Waals surface area (Å²) in [5, 5.41) is 6.91. The van der Waals surface area contributed by atoms with Crippen LogP contribution < -0.4 is 15.4 Å². The summed E-state index contributed by atoms with van der Waals surface area (Å²) in [6.07, 6.45) is 2.36. The van der Waals surface area contributed by atoms with E-state index in [4.69, 9.17) is 14.5 Å². The maximum Gasteiger partial charge on any atom is 0.213 e. The van der Waals surface area contributed by atoms with Crippen LogP contribution in [0.4, 0.5) is 0 Å². The molecule has 2 N–H and O–H groups in total. The van der Waals surface area contributed by atoms with E-state index < -0.39 is 0 Å². The largest absolute Gasteiger partial charge is 0.481 e. The van der Waals surface area contributed by atoms with Gasteiger partial charge in [0.1, 0.15) is 0 Å². The number of methoxy groups -OCH3 is 1. The highest BCUT2D eigenvalue weighted by Gasteiger charge is 2.27. The number of ether oxygens (including phenoxy) is 2. The monoisotopic (exact) mass is 391 g/mol. The van der Waals surface area contributed by atoms with E-state index in [0.717, 1.165) is 51.0 Å². The van der Waals surface area contributed by atoms with Crippen LogP contribution in [0.1, 0.15) is 39.3 Å². The lowest BCUT2D eigenvalue weighted by molar-refractivity contribution is 0.00272. The van der Waals surface area contributed by atoms with Crippen LogP contribution in [0.5, 0.6) is 5.88 Å². The Morgan fingerprint density at radius 2 is 1.96 bits per heavy atom. The number of nitrogens with one attached hydrogen (secondary N) is 2. The quantitative estimate of drug-likeness (QED) is 0.471. The van der Waals surface area contributed by atoms with Gasteiger partial charge in [-0.2, -0.15) is 0 Å². The number of nitrogens with zero attached hydrogens (tertiary/aromatic N) is 3. The fourth-order valence-corrected chi connectivity index (χ4v) is 3.70. The molecule has 1 fully saturated rings. The molecule has 0 aromatic carbocycles. The van der Waals surface area contributed by atoms with Crippen molar-refractivity contribution in [2.45, 2.75) is 46.2 Å². The van der Waals surface area contributed by atoms with Crippen LogP contribution in [0.15, 0.2) is 23.2 Å². The molecule has 2 rings (SSSR count). The summed E-state index contributed by atoms with van der Waals surface area (Å²) in [5.41, 5.74) is 0.890. The maximum atomic E-state index is 5.55. The van der Waals surface area contributed by atoms with Gasteiger partial charge in [0.05, 0.1) is 32.6 Å². The molecule has 2 heterocycles. The summed E-state index contributed by atoms with van der Waals surface area (Å²) >= 11 is 0. The van der Waals surface area contributed by atoms with Crippen molar-refractivity contribution in [2.24, 2.45) is 10.9 Å². The minimum atomic E-state index is 0.484. The van der Waals surface area contributed by atoms with E-state index in [1.165, 1.54) is 12.8 Å². The van der Waals surface area contributed by atoms with E-state index in [2.05, 4.69) is 41.3 Å². The highest BCUT2D eigenvalue weighted by Crippen LogP contribution is 2.19. The minimum Gasteiger partial charge on any atom is -0.481 e. The molecule has 1 aromatic rings. The second-order valence-corrected chi connectivity index (χ2v) is 7.04. The second-order valence-electron chi connectivity index (χ2n) is 7.04. The Morgan fingerprint density at radius 1 is 1.21 bits per heavy atom. The van der Waals surface area contributed by atoms with Crippen LogP contribution in [-0.4, -0.2) is 68.4 Å². The zero-order chi connectivity index (χ0) is 20.2. The molecule has 1 aliphatic rings. The number of guanidine groups is 1. The van der Waals surface area contributed by atoms with Crippen LogP contribution in [0.2, 0.25) is 0 Å². The van der Waals surface area contributed by atoms with Crippen molar-refractivity contribution in [1.29, 1.82) is 0 Å². The number of rotatable bonds is 10. The summed E-state index contributed by atoms with van der Waals surface area (Å²) in [4.78, 5) is 11.7. The predicted octanol–water partition coefficient (Wildman–Crippen LogP) is 2.28. The Balaban J connectivity index is 2.02. The average Bonchev–Trinajstić information content (AvgIpc) is 2.75. The molecule has 0 spiro atoms. The maximum absolute atomic E-state index is 5.55. The van der Waals surface area contributed by atoms with E-state index in [-0.39, 0.29) is 0 Å². The standard InChI is InChI=1S/C21H37N5O2/c1-5-17(6-2)19(26-11-13-28-14-12-26)16-24-21(22-7-3)23-15-18-9-8-10-20(25-18)27-4/h8-10,17,19H,5-7,11-16H2,1-4H3,(H2,22,23,24). The summed E-state index contributed by atoms with van der Waals surface area (Å²) in [6.45, 7) is 12.5. The van der Waals surface area contributed by atoms with E-state index >= 15 is 0 Å². The van der Waals surface area contributed by atoms with Crippen LogP contribution in [0.3, 0.4) is 0 Å². The molecule has 1 aliphatic heterocycles. The third-order valence-corrected chi connectivity index (χ3v) is 5.32. The fourth-order valence-electron chi connectivity index (χ4n) is 3.70. The Hall–Kier alpha value is -1.86. The van der Waals surface area contributed by atoms with Crippen molar-refractivity contribution in [3.8, 4) is 5.88 Å². The van der Waals surface area contributed by atoms with E-state index in [1.54, 1.807) is 7.11 Å². The van der Waals surface area contributed by atoms with Crippen molar-refractivity contribution < 1.29 is 9.47 Å². The Kier molecular flexibility index (Phi) is 10.1. The van der Waals surface area contributed by atoms with Gasteiger partial charge < -0.3 is 20.1 Å². The van der Waals surface area contributed by atoms with Gasteiger partial charge in [-0.3, -0.25) is 4.90 Å². The summed E-state index contributed by atoms with van der Waals surface area (Å²) in [7, 11) is 1.63. The lowest BCUT2D eigenvalue weighted by Gasteiger charge is -2.39. The van der Waals surface area contributed by atoms with Gasteiger partial charge in [0.15, 0.2) is 5.96 Å². The van der Waals surface area contributed by atoms with Crippen molar-refractivity contribution >= 4 is 5.96 Å². The van der Waals surface area contributed by atoms with Crippen molar-refractivity contribution in [1.82, 2.24) is 20.5 Å². The number of aromatic nitrogens is 1. The van der Waals surface area contributed by atoms with Gasteiger partial charge in [-0.15, -0.1) is 0 Å². The van der Waals surface area contributed by atoms with Gasteiger partial charge in [0, 0.05) is 38.3 Å². The predicted molar refractivity (Wildman–Crippen MR) is 114 cm³/mol. The molecule has 28 heavy (non-hydrogen) atoms. The zero-order valence-electron chi connectivity index (χ0n) is 17.9. The van der Waals surface area contributed by atoms with Gasteiger partial charge in [-0.1, -0.05) is 32.8 Å². The number of hydrogen-bond acceptors (Lipinski definition) is 5. The molecule has 158 valence electrons. The highest BCUT2D eigenvalue weighted by molar-refractivity contribution is 5.79. The van der Waals surface area contributed by atoms with Gasteiger partial charge in [0.25, 0.3) is 0 Å². The Morgan fingerprint density at radius 3 is 2.61 bits per heavy atom. The Labute approximate surface area is 169 Å². The van der Waals surface area contributed by atoms with E-state index in [0.29, 0.717) is 24.4 Å². The molecule has 0 bridgehead atoms. The topological polar surface area (TPSA) is 71.0 Å². The molecule has 0 aliphatic carbocycles. The average molecular weight is 392 g/mol. The zero-order valence-corrected chi connectivity index (χ0v) is 17.9. The van der Waals surface area contributed by atoms with E-state index in [1.807, 2.05) is 18.2 Å². The lowest BCUT2D eigenvalue weighted by atomic mass is 9.92. The molecule has 7 heteroatoms. The summed E-state index contributed by atoms with van der Waals surface area (Å²) < 4.78 is 10.8. The number of hydrogen-bond donors (Lipinski definition) is 2. The van der Waals surface area contributed by atoms with Crippen molar-refractivity contribution in [2.75, 3.05) is 46.5 Å². The van der Waals surface area contributed by atoms with Gasteiger partial charge in [0.2, 0.25) is 5.88 Å². The van der Waals surface area contributed by atoms with Crippen LogP contribution in [0.25, 0.3) is 0 Å². The normalized spacial score (nSPS) is 16.8. The Bertz CT molecular complexity index is 586. The first-order chi connectivity index (χ1) is 13.7. The number of pyridine rings is 1. The fraction of sp³-hybridized carbons (Fsp3) is 0.714. The molecule has 0 saturated carbocycles. The number of aliphatic imine (C=N–C) groups is 1. The molecule has 0 radical (unpaired) electrons. The van der Waals surface area contributed by atoms with Crippen LogP contribution in [0, 0.1) is 5.92 Å². The first-order valence-corrected chi connectivity index (χ1v) is 10.6. The molecule has 0 amide bonds. The van der Waals surface area contributed by atoms with Crippen molar-refractivity contribution in [3.63, 3.8) is 0 Å². The lowest BCUT2D eigenvalue weighted by Crippen LogP contribution is -2.53. The van der Waals surface area contributed by atoms with Gasteiger partial charge in [-0.25, -0.2) is 9.98 Å². The second kappa shape index (κ2) is 12.6. The van der Waals surface area contributed by atoms with Crippen molar-refractivity contribution in [3.05, 3.63) is 23.9 Å². The molecule has 1 unspecified atom stereocenters. The first-order valence-electron chi connectivity index (χ1n) is 10.6. The molecular weight excluding hydrogens is 354 g/mol. The van der Waals surface area contributed by atoms with Crippen LogP contribution >= 0.6 is 0 Å². The summed E-state index contributed by atoms with van der Waals surface area (Å²) in [6, 6.07) is 6.24. The molecule has 1 aromatic heterocycles. The van der Waals surface area contributed by atoms with Gasteiger partial charge in [-0.05, 0) is 18.9 Å². The molecule has 7 nitrogen and oxygen atoms in total. The molecule has 1 atom stereocenters. The van der Waals surface area contributed by atoms with Gasteiger partial charge >= 0.3 is 0 Å². The van der Waals surface area contributed by atoms with Crippen LogP contribution in [-0.2, 0) is 11.3 Å².